The van der Waals surface area contributed by atoms with Gasteiger partial charge in [0.1, 0.15) is 12.2 Å². The lowest BCUT2D eigenvalue weighted by molar-refractivity contribution is -0.138. The third-order valence-corrected chi connectivity index (χ3v) is 7.66. The summed E-state index contributed by atoms with van der Waals surface area (Å²) in [5.41, 5.74) is -0.257. The number of carbonyl (C=O) groups excluding carboxylic acids is 2. The number of hydrogen-bond acceptors (Lipinski definition) is 10. The van der Waals surface area contributed by atoms with Crippen molar-refractivity contribution in [2.75, 3.05) is 25.1 Å². The van der Waals surface area contributed by atoms with Crippen LogP contribution in [-0.2, 0) is 34.1 Å². The van der Waals surface area contributed by atoms with E-state index in [1.807, 2.05) is 0 Å². The van der Waals surface area contributed by atoms with Crippen LogP contribution < -0.4 is 21.9 Å². The zero-order valence-electron chi connectivity index (χ0n) is 21.1. The number of aliphatic hydroxyl groups is 2. The first-order valence-corrected chi connectivity index (χ1v) is 13.6. The van der Waals surface area contributed by atoms with Gasteiger partial charge in [0.2, 0.25) is 5.91 Å². The standard InChI is InChI=1S/C23H31N4O10P/c1-4-35-38(34,36-5-2)12-14-6-8-15(9-7-14)25-16(28)10-24-21(32)19-17(29)18(30)22(37-19)27-11-13(3)20(31)26-23(27)33/h6-9,11,17-19,22,29-30H,4-5,10,12H2,1-3H3,(H,24,32)(H,25,28)(H,26,31,33)/t17-,18+,19-,22+/m0/s1. The normalized spacial score (nSPS) is 21.3. The Morgan fingerprint density at radius 2 is 1.74 bits per heavy atom. The molecular weight excluding hydrogens is 523 g/mol. The fourth-order valence-corrected chi connectivity index (χ4v) is 5.50. The lowest BCUT2D eigenvalue weighted by atomic mass is 10.1. The van der Waals surface area contributed by atoms with Gasteiger partial charge in [-0.25, -0.2) is 4.79 Å². The van der Waals surface area contributed by atoms with Gasteiger partial charge in [-0.15, -0.1) is 0 Å². The number of ether oxygens (including phenoxy) is 1. The van der Waals surface area contributed by atoms with Crippen molar-refractivity contribution >= 4 is 25.1 Å². The molecule has 208 valence electrons. The lowest BCUT2D eigenvalue weighted by Crippen LogP contribution is -2.45. The predicted molar refractivity (Wildman–Crippen MR) is 135 cm³/mol. The van der Waals surface area contributed by atoms with Gasteiger partial charge >= 0.3 is 13.3 Å². The minimum absolute atomic E-state index is 0.0697. The van der Waals surface area contributed by atoms with Gasteiger partial charge in [-0.3, -0.25) is 28.5 Å². The van der Waals surface area contributed by atoms with Crippen LogP contribution in [0.25, 0.3) is 0 Å². The largest absolute Gasteiger partial charge is 0.387 e. The third-order valence-electron chi connectivity index (χ3n) is 5.61. The molecule has 14 nitrogen and oxygen atoms in total. The molecule has 1 aliphatic heterocycles. The molecule has 2 heterocycles. The van der Waals surface area contributed by atoms with Crippen molar-refractivity contribution < 1.29 is 38.2 Å². The molecule has 0 unspecified atom stereocenters. The molecule has 2 aromatic rings. The second-order valence-electron chi connectivity index (χ2n) is 8.47. The Morgan fingerprint density at radius 3 is 2.34 bits per heavy atom. The van der Waals surface area contributed by atoms with Crippen LogP contribution in [0, 0.1) is 6.92 Å². The van der Waals surface area contributed by atoms with Crippen LogP contribution in [0.15, 0.2) is 40.1 Å². The molecule has 0 radical (unpaired) electrons. The average Bonchev–Trinajstić information content (AvgIpc) is 3.15. The fraction of sp³-hybridized carbons (Fsp3) is 0.478. The molecule has 4 atom stereocenters. The third kappa shape index (κ3) is 7.04. The minimum atomic E-state index is -3.28. The second-order valence-corrected chi connectivity index (χ2v) is 10.5. The summed E-state index contributed by atoms with van der Waals surface area (Å²) in [6.07, 6.45) is -5.14. The Bertz CT molecular complexity index is 1300. The number of aromatic amines is 1. The summed E-state index contributed by atoms with van der Waals surface area (Å²) in [4.78, 5) is 50.6. The van der Waals surface area contributed by atoms with Gasteiger partial charge in [0.25, 0.3) is 11.5 Å². The number of rotatable bonds is 11. The Kier molecular flexibility index (Phi) is 9.77. The molecule has 38 heavy (non-hydrogen) atoms. The number of aromatic nitrogens is 2. The number of benzene rings is 1. The smallest absolute Gasteiger partial charge is 0.335 e. The van der Waals surface area contributed by atoms with Crippen LogP contribution in [0.3, 0.4) is 0 Å². The number of anilines is 1. The first-order chi connectivity index (χ1) is 18.0. The van der Waals surface area contributed by atoms with Crippen LogP contribution in [0.5, 0.6) is 0 Å². The monoisotopic (exact) mass is 554 g/mol. The number of nitrogens with zero attached hydrogens (tertiary/aromatic N) is 1. The van der Waals surface area contributed by atoms with Gasteiger partial charge in [0, 0.05) is 17.4 Å². The van der Waals surface area contributed by atoms with Gasteiger partial charge in [-0.05, 0) is 38.5 Å². The van der Waals surface area contributed by atoms with Gasteiger partial charge in [-0.1, -0.05) is 12.1 Å². The van der Waals surface area contributed by atoms with Crippen molar-refractivity contribution in [3.8, 4) is 0 Å². The molecule has 1 aromatic heterocycles. The Morgan fingerprint density at radius 1 is 1.11 bits per heavy atom. The SMILES string of the molecule is CCOP(=O)(Cc1ccc(NC(=O)CNC(=O)[C@H]2O[C@@H](n3cc(C)c(=O)[nH]c3=O)[C@H](O)[C@@H]2O)cc1)OCC. The maximum Gasteiger partial charge on any atom is 0.335 e. The molecule has 2 amide bonds. The summed E-state index contributed by atoms with van der Waals surface area (Å²) in [6.45, 7) is 4.88. The Labute approximate surface area is 217 Å². The van der Waals surface area contributed by atoms with Crippen LogP contribution in [0.4, 0.5) is 5.69 Å². The van der Waals surface area contributed by atoms with Gasteiger partial charge in [0.15, 0.2) is 12.3 Å². The molecule has 5 N–H and O–H groups in total. The van der Waals surface area contributed by atoms with E-state index in [4.69, 9.17) is 13.8 Å². The minimum Gasteiger partial charge on any atom is -0.387 e. The molecule has 1 saturated heterocycles. The number of hydrogen-bond donors (Lipinski definition) is 5. The van der Waals surface area contributed by atoms with Crippen molar-refractivity contribution in [3.05, 3.63) is 62.4 Å². The van der Waals surface area contributed by atoms with Gasteiger partial charge in [-0.2, -0.15) is 0 Å². The molecule has 0 aliphatic carbocycles. The predicted octanol–water partition coefficient (Wildman–Crippen LogP) is -0.0148. The molecule has 0 saturated carbocycles. The molecule has 0 bridgehead atoms. The molecule has 15 heteroatoms. The first-order valence-electron chi connectivity index (χ1n) is 11.9. The van der Waals surface area contributed by atoms with E-state index in [0.29, 0.717) is 11.3 Å². The van der Waals surface area contributed by atoms with Crippen molar-refractivity contribution in [2.45, 2.75) is 51.5 Å². The number of carbonyl (C=O) groups is 2. The highest BCUT2D eigenvalue weighted by Gasteiger charge is 2.47. The van der Waals surface area contributed by atoms with Gasteiger partial charge in [0.05, 0.1) is 25.9 Å². The summed E-state index contributed by atoms with van der Waals surface area (Å²) >= 11 is 0. The van der Waals surface area contributed by atoms with Crippen LogP contribution in [-0.4, -0.2) is 69.6 Å². The Balaban J connectivity index is 1.55. The summed E-state index contributed by atoms with van der Waals surface area (Å²) in [5.74, 6) is -1.47. The number of aryl methyl sites for hydroxylation is 1. The van der Waals surface area contributed by atoms with Crippen LogP contribution in [0.1, 0.15) is 31.2 Å². The first kappa shape index (κ1) is 29.4. The topological polar surface area (TPSA) is 198 Å². The highest BCUT2D eigenvalue weighted by atomic mass is 31.2. The summed E-state index contributed by atoms with van der Waals surface area (Å²) in [6, 6.07) is 6.49. The quantitative estimate of drug-likeness (QED) is 0.235. The van der Waals surface area contributed by atoms with Crippen molar-refractivity contribution in [2.24, 2.45) is 0 Å². The summed E-state index contributed by atoms with van der Waals surface area (Å²) in [7, 11) is -3.28. The van der Waals surface area contributed by atoms with E-state index in [1.54, 1.807) is 38.1 Å². The number of aliphatic hydroxyl groups excluding tert-OH is 2. The molecule has 1 aromatic carbocycles. The summed E-state index contributed by atoms with van der Waals surface area (Å²) in [5, 5.41) is 25.5. The lowest BCUT2D eigenvalue weighted by Gasteiger charge is -2.17. The fourth-order valence-electron chi connectivity index (χ4n) is 3.79. The average molecular weight is 554 g/mol. The molecular formula is C23H31N4O10P. The van der Waals surface area contributed by atoms with E-state index >= 15 is 0 Å². The summed E-state index contributed by atoms with van der Waals surface area (Å²) < 4.78 is 29.5. The number of H-pyrrole nitrogens is 1. The number of amides is 2. The number of nitrogens with one attached hydrogen (secondary N) is 3. The molecule has 1 fully saturated rings. The van der Waals surface area contributed by atoms with Crippen molar-refractivity contribution in [1.29, 1.82) is 0 Å². The van der Waals surface area contributed by atoms with Crippen LogP contribution >= 0.6 is 7.60 Å². The van der Waals surface area contributed by atoms with Crippen molar-refractivity contribution in [3.63, 3.8) is 0 Å². The zero-order valence-corrected chi connectivity index (χ0v) is 22.0. The Hall–Kier alpha value is -3.13. The molecule has 1 aliphatic rings. The van der Waals surface area contributed by atoms with E-state index in [0.717, 1.165) is 10.8 Å². The molecule has 3 rings (SSSR count). The van der Waals surface area contributed by atoms with E-state index in [9.17, 15) is 34.0 Å². The second kappa shape index (κ2) is 12.6. The van der Waals surface area contributed by atoms with Gasteiger partial charge < -0.3 is 34.6 Å². The van der Waals surface area contributed by atoms with E-state index in [1.165, 1.54) is 6.92 Å². The van der Waals surface area contributed by atoms with E-state index in [-0.39, 0.29) is 24.9 Å². The van der Waals surface area contributed by atoms with Crippen molar-refractivity contribution in [1.82, 2.24) is 14.9 Å². The maximum absolute atomic E-state index is 12.7. The highest BCUT2D eigenvalue weighted by molar-refractivity contribution is 7.53. The van der Waals surface area contributed by atoms with E-state index < -0.39 is 61.7 Å². The van der Waals surface area contributed by atoms with Crippen LogP contribution in [0.2, 0.25) is 0 Å². The zero-order chi connectivity index (χ0) is 28.0. The van der Waals surface area contributed by atoms with E-state index in [2.05, 4.69) is 15.6 Å². The molecule has 0 spiro atoms. The highest BCUT2D eigenvalue weighted by Crippen LogP contribution is 2.51. The maximum atomic E-state index is 12.7.